The number of benzene rings is 1. The van der Waals surface area contributed by atoms with Crippen molar-refractivity contribution in [3.63, 3.8) is 0 Å². The molecule has 2 N–H and O–H groups in total. The number of ketones is 1. The second-order valence-electron chi connectivity index (χ2n) is 13.2. The van der Waals surface area contributed by atoms with Crippen LogP contribution in [0.15, 0.2) is 41.1 Å². The van der Waals surface area contributed by atoms with Crippen molar-refractivity contribution in [1.29, 1.82) is 0 Å². The molecule has 0 aromatic heterocycles. The zero-order valence-corrected chi connectivity index (χ0v) is 24.8. The highest BCUT2D eigenvalue weighted by Crippen LogP contribution is 2.66. The quantitative estimate of drug-likeness (QED) is 0.334. The molecule has 4 aliphatic carbocycles. The summed E-state index contributed by atoms with van der Waals surface area (Å²) in [5, 5.41) is 16.5. The van der Waals surface area contributed by atoms with Gasteiger partial charge in [-0.05, 0) is 111 Å². The molecular weight excluding hydrogens is 520 g/mol. The molecule has 1 aromatic rings. The molecule has 5 rings (SSSR count). The fourth-order valence-electron chi connectivity index (χ4n) is 8.92. The number of carbonyl (C=O) groups excluding carboxylic acids is 3. The van der Waals surface area contributed by atoms with Gasteiger partial charge in [-0.15, -0.1) is 0 Å². The Morgan fingerprint density at radius 3 is 2.51 bits per heavy atom. The number of oxime groups is 1. The Labute approximate surface area is 242 Å². The number of nitrogens with zero attached hydrogens (tertiary/aromatic N) is 1. The Hall–Kier alpha value is -3.16. The Balaban J connectivity index is 1.19. The summed E-state index contributed by atoms with van der Waals surface area (Å²) >= 11 is 0. The van der Waals surface area contributed by atoms with E-state index < -0.39 is 17.9 Å². The van der Waals surface area contributed by atoms with E-state index in [4.69, 9.17) is 9.57 Å². The topological polar surface area (TPSA) is 114 Å². The van der Waals surface area contributed by atoms with Gasteiger partial charge < -0.3 is 20.0 Å². The van der Waals surface area contributed by atoms with E-state index in [-0.39, 0.29) is 35.5 Å². The maximum Gasteiger partial charge on any atom is 0.328 e. The number of hydrogen-bond donors (Lipinski definition) is 2. The van der Waals surface area contributed by atoms with E-state index in [9.17, 15) is 19.5 Å². The molecule has 3 saturated carbocycles. The minimum atomic E-state index is -0.871. The number of allylic oxidation sites excluding steroid dienone is 2. The van der Waals surface area contributed by atoms with Gasteiger partial charge >= 0.3 is 5.97 Å². The van der Waals surface area contributed by atoms with Gasteiger partial charge in [-0.3, -0.25) is 9.59 Å². The standard InChI is InChI=1S/C33H44N2O6/c1-20(36)26-11-12-27-25-10-7-22-18-23(13-15-32(22,2)28(25)14-16-33(26,27)3)35-41-19-30(38)34-29(31(39)40-4)17-21-5-8-24(37)9-6-21/h5-6,8-9,18,25-29,37H,7,10-17,19H2,1-4H3,(H,34,38)/t25-,26+,27+,28+,29+,32+,33-/m1/s1. The van der Waals surface area contributed by atoms with Crippen molar-refractivity contribution in [2.24, 2.45) is 39.7 Å². The average molecular weight is 565 g/mol. The largest absolute Gasteiger partial charge is 0.508 e. The van der Waals surface area contributed by atoms with Crippen LogP contribution < -0.4 is 5.32 Å². The minimum absolute atomic E-state index is 0.129. The number of phenols is 1. The summed E-state index contributed by atoms with van der Waals surface area (Å²) in [5.74, 6) is 1.70. The molecule has 8 heteroatoms. The first kappa shape index (κ1) is 29.3. The van der Waals surface area contributed by atoms with Crippen LogP contribution in [-0.2, 0) is 30.4 Å². The lowest BCUT2D eigenvalue weighted by Gasteiger charge is -2.58. The number of amides is 1. The first-order valence-corrected chi connectivity index (χ1v) is 15.1. The van der Waals surface area contributed by atoms with Gasteiger partial charge in [0.15, 0.2) is 6.61 Å². The Bertz CT molecular complexity index is 1240. The van der Waals surface area contributed by atoms with E-state index in [1.54, 1.807) is 19.1 Å². The molecule has 0 saturated heterocycles. The van der Waals surface area contributed by atoms with Crippen LogP contribution in [0.1, 0.15) is 77.7 Å². The molecule has 222 valence electrons. The van der Waals surface area contributed by atoms with E-state index >= 15 is 0 Å². The highest BCUT2D eigenvalue weighted by molar-refractivity contribution is 5.96. The van der Waals surface area contributed by atoms with Crippen molar-refractivity contribution in [3.05, 3.63) is 41.5 Å². The van der Waals surface area contributed by atoms with Crippen LogP contribution in [0.25, 0.3) is 0 Å². The summed E-state index contributed by atoms with van der Waals surface area (Å²) in [6.45, 7) is 6.31. The van der Waals surface area contributed by atoms with E-state index in [0.29, 0.717) is 23.5 Å². The van der Waals surface area contributed by atoms with Gasteiger partial charge in [0.05, 0.1) is 12.8 Å². The second-order valence-corrected chi connectivity index (χ2v) is 13.2. The number of ether oxygens (including phenoxy) is 1. The highest BCUT2D eigenvalue weighted by atomic mass is 16.6. The van der Waals surface area contributed by atoms with Gasteiger partial charge in [-0.2, -0.15) is 0 Å². The molecule has 8 nitrogen and oxygen atoms in total. The van der Waals surface area contributed by atoms with Gasteiger partial charge in [0.25, 0.3) is 5.91 Å². The number of phenolic OH excluding ortho intramolecular Hbond substituents is 1. The van der Waals surface area contributed by atoms with Gasteiger partial charge in [0.1, 0.15) is 17.6 Å². The first-order valence-electron chi connectivity index (χ1n) is 15.1. The predicted molar refractivity (Wildman–Crippen MR) is 155 cm³/mol. The summed E-state index contributed by atoms with van der Waals surface area (Å²) in [6, 6.07) is 5.58. The zero-order chi connectivity index (χ0) is 29.4. The molecule has 1 aromatic carbocycles. The zero-order valence-electron chi connectivity index (χ0n) is 24.8. The summed E-state index contributed by atoms with van der Waals surface area (Å²) in [7, 11) is 1.28. The fraction of sp³-hybridized carbons (Fsp3) is 0.636. The molecule has 4 aliphatic rings. The second kappa shape index (κ2) is 11.6. The van der Waals surface area contributed by atoms with Crippen molar-refractivity contribution in [2.45, 2.75) is 84.6 Å². The number of Topliss-reactive ketones (excluding diaryl/α,β-unsaturated/α-hetero) is 1. The monoisotopic (exact) mass is 564 g/mol. The van der Waals surface area contributed by atoms with Gasteiger partial charge in [-0.25, -0.2) is 4.79 Å². The smallest absolute Gasteiger partial charge is 0.328 e. The van der Waals surface area contributed by atoms with E-state index in [1.807, 2.05) is 0 Å². The summed E-state index contributed by atoms with van der Waals surface area (Å²) < 4.78 is 4.86. The molecule has 0 radical (unpaired) electrons. The Morgan fingerprint density at radius 1 is 1.05 bits per heavy atom. The number of nitrogens with one attached hydrogen (secondary N) is 1. The lowest BCUT2D eigenvalue weighted by atomic mass is 9.46. The SMILES string of the molecule is COC(=O)[C@H](Cc1ccc(O)cc1)NC(=O)CON=C1C=C2CC[C@@H]3[C@@H]4CC[C@@H](C(C)=O)[C@@]4(C)CC[C@@H]3[C@@]2(C)CC1. The lowest BCUT2D eigenvalue weighted by molar-refractivity contribution is -0.145. The van der Waals surface area contributed by atoms with Gasteiger partial charge in [0.2, 0.25) is 0 Å². The summed E-state index contributed by atoms with van der Waals surface area (Å²) in [4.78, 5) is 42.7. The maximum absolute atomic E-state index is 12.6. The molecule has 0 bridgehead atoms. The van der Waals surface area contributed by atoms with Crippen LogP contribution in [0, 0.1) is 34.5 Å². The average Bonchev–Trinajstić information content (AvgIpc) is 3.31. The minimum Gasteiger partial charge on any atom is -0.508 e. The molecular formula is C33H44N2O6. The van der Waals surface area contributed by atoms with E-state index in [1.165, 1.54) is 44.1 Å². The lowest BCUT2D eigenvalue weighted by Crippen LogP contribution is -2.51. The molecule has 0 aliphatic heterocycles. The van der Waals surface area contributed by atoms with Crippen molar-refractivity contribution in [1.82, 2.24) is 5.32 Å². The van der Waals surface area contributed by atoms with Crippen LogP contribution in [-0.4, -0.2) is 48.2 Å². The van der Waals surface area contributed by atoms with Crippen LogP contribution in [0.4, 0.5) is 0 Å². The van der Waals surface area contributed by atoms with Gasteiger partial charge in [0, 0.05) is 12.3 Å². The number of aromatic hydroxyl groups is 1. The molecule has 0 spiro atoms. The van der Waals surface area contributed by atoms with Crippen LogP contribution in [0.2, 0.25) is 0 Å². The van der Waals surface area contributed by atoms with Crippen LogP contribution in [0.5, 0.6) is 5.75 Å². The first-order chi connectivity index (χ1) is 19.5. The summed E-state index contributed by atoms with van der Waals surface area (Å²) in [5.41, 5.74) is 3.39. The number of carbonyl (C=O) groups is 3. The van der Waals surface area contributed by atoms with Crippen molar-refractivity contribution in [3.8, 4) is 5.75 Å². The number of esters is 1. The number of hydrogen-bond acceptors (Lipinski definition) is 7. The maximum atomic E-state index is 12.6. The highest BCUT2D eigenvalue weighted by Gasteiger charge is 2.59. The molecule has 0 unspecified atom stereocenters. The molecule has 41 heavy (non-hydrogen) atoms. The van der Waals surface area contributed by atoms with E-state index in [2.05, 4.69) is 30.4 Å². The predicted octanol–water partition coefficient (Wildman–Crippen LogP) is 5.13. The molecule has 3 fully saturated rings. The van der Waals surface area contributed by atoms with E-state index in [0.717, 1.165) is 43.4 Å². The molecule has 7 atom stereocenters. The molecule has 0 heterocycles. The Kier molecular flexibility index (Phi) is 8.31. The van der Waals surface area contributed by atoms with Crippen molar-refractivity contribution < 1.29 is 29.1 Å². The third kappa shape index (κ3) is 5.67. The number of rotatable bonds is 8. The third-order valence-corrected chi connectivity index (χ3v) is 11.0. The van der Waals surface area contributed by atoms with Crippen molar-refractivity contribution >= 4 is 23.4 Å². The number of fused-ring (bicyclic) bond motifs is 5. The Morgan fingerprint density at radius 2 is 1.80 bits per heavy atom. The van der Waals surface area contributed by atoms with Crippen LogP contribution in [0.3, 0.4) is 0 Å². The molecule has 1 amide bonds. The summed E-state index contributed by atoms with van der Waals surface area (Å²) in [6.07, 6.45) is 11.0. The third-order valence-electron chi connectivity index (χ3n) is 11.0. The van der Waals surface area contributed by atoms with Gasteiger partial charge in [-0.1, -0.05) is 36.7 Å². The van der Waals surface area contributed by atoms with Crippen molar-refractivity contribution in [2.75, 3.05) is 13.7 Å². The normalized spacial score (nSPS) is 34.0. The number of methoxy groups -OCH3 is 1. The fourth-order valence-corrected chi connectivity index (χ4v) is 8.92. The van der Waals surface area contributed by atoms with Crippen LogP contribution >= 0.6 is 0 Å².